The fourth-order valence-electron chi connectivity index (χ4n) is 3.06. The van der Waals surface area contributed by atoms with E-state index in [2.05, 4.69) is 10.2 Å². The van der Waals surface area contributed by atoms with Crippen LogP contribution < -0.4 is 15.0 Å². The van der Waals surface area contributed by atoms with Gasteiger partial charge in [0, 0.05) is 44.5 Å². The zero-order valence-corrected chi connectivity index (χ0v) is 15.6. The molecule has 1 N–H and O–H groups in total. The van der Waals surface area contributed by atoms with E-state index in [0.717, 1.165) is 43.3 Å². The fourth-order valence-corrected chi connectivity index (χ4v) is 3.06. The van der Waals surface area contributed by atoms with Gasteiger partial charge in [0.15, 0.2) is 0 Å². The summed E-state index contributed by atoms with van der Waals surface area (Å²) in [5, 5.41) is 2.92. The minimum absolute atomic E-state index is 0.0792. The molecule has 0 radical (unpaired) electrons. The van der Waals surface area contributed by atoms with Gasteiger partial charge in [0.2, 0.25) is 11.8 Å². The van der Waals surface area contributed by atoms with Gasteiger partial charge in [-0.1, -0.05) is 24.3 Å². The lowest BCUT2D eigenvalue weighted by molar-refractivity contribution is -0.129. The van der Waals surface area contributed by atoms with Crippen molar-refractivity contribution in [2.24, 2.45) is 0 Å². The number of nitrogens with zero attached hydrogens (tertiary/aromatic N) is 2. The van der Waals surface area contributed by atoms with E-state index in [1.807, 2.05) is 59.5 Å². The molecule has 2 aromatic rings. The lowest BCUT2D eigenvalue weighted by Crippen LogP contribution is -2.48. The molecule has 0 saturated carbocycles. The number of rotatable bonds is 6. The van der Waals surface area contributed by atoms with Crippen molar-refractivity contribution in [3.8, 4) is 5.75 Å². The molecule has 0 unspecified atom stereocenters. The Hall–Kier alpha value is -3.02. The Bertz CT molecular complexity index is 771. The Morgan fingerprint density at radius 2 is 1.74 bits per heavy atom. The van der Waals surface area contributed by atoms with Crippen LogP contribution in [-0.2, 0) is 9.59 Å². The molecule has 0 spiro atoms. The van der Waals surface area contributed by atoms with Crippen LogP contribution in [0.25, 0.3) is 0 Å². The van der Waals surface area contributed by atoms with E-state index in [9.17, 15) is 9.59 Å². The van der Waals surface area contributed by atoms with Gasteiger partial charge in [0.1, 0.15) is 5.75 Å². The number of nitrogens with one attached hydrogen (secondary N) is 1. The summed E-state index contributed by atoms with van der Waals surface area (Å²) in [5.74, 6) is 0.801. The van der Waals surface area contributed by atoms with Crippen molar-refractivity contribution in [3.63, 3.8) is 0 Å². The number of carbonyl (C=O) groups is 2. The molecule has 1 saturated heterocycles. The second-order valence-electron chi connectivity index (χ2n) is 6.50. The average molecular weight is 367 g/mol. The van der Waals surface area contributed by atoms with Crippen molar-refractivity contribution in [1.82, 2.24) is 4.90 Å². The highest BCUT2D eigenvalue weighted by atomic mass is 16.5. The van der Waals surface area contributed by atoms with E-state index >= 15 is 0 Å². The third-order valence-electron chi connectivity index (χ3n) is 4.56. The normalized spacial score (nSPS) is 14.0. The Balaban J connectivity index is 1.48. The van der Waals surface area contributed by atoms with Crippen molar-refractivity contribution >= 4 is 23.2 Å². The largest absolute Gasteiger partial charge is 0.493 e. The summed E-state index contributed by atoms with van der Waals surface area (Å²) in [6.07, 6.45) is 0.288. The van der Waals surface area contributed by atoms with Crippen LogP contribution in [0.4, 0.5) is 11.4 Å². The van der Waals surface area contributed by atoms with Crippen molar-refractivity contribution < 1.29 is 14.3 Å². The van der Waals surface area contributed by atoms with Crippen LogP contribution in [0.3, 0.4) is 0 Å². The smallest absolute Gasteiger partial charge is 0.227 e. The first-order valence-electron chi connectivity index (χ1n) is 9.20. The molecule has 142 valence electrons. The third-order valence-corrected chi connectivity index (χ3v) is 4.56. The van der Waals surface area contributed by atoms with Crippen molar-refractivity contribution in [3.05, 3.63) is 54.6 Å². The Morgan fingerprint density at radius 3 is 2.44 bits per heavy atom. The Labute approximate surface area is 159 Å². The predicted octanol–water partition coefficient (Wildman–Crippen LogP) is 2.76. The van der Waals surface area contributed by atoms with Gasteiger partial charge in [0.25, 0.3) is 0 Å². The second kappa shape index (κ2) is 9.07. The highest BCUT2D eigenvalue weighted by Crippen LogP contribution is 2.21. The summed E-state index contributed by atoms with van der Waals surface area (Å²) in [6, 6.07) is 17.3. The van der Waals surface area contributed by atoms with Gasteiger partial charge in [-0.05, 0) is 30.3 Å². The van der Waals surface area contributed by atoms with Gasteiger partial charge in [-0.25, -0.2) is 0 Å². The number of benzene rings is 2. The third kappa shape index (κ3) is 5.48. The van der Waals surface area contributed by atoms with Crippen LogP contribution in [0.1, 0.15) is 13.3 Å². The molecule has 0 aromatic heterocycles. The predicted molar refractivity (Wildman–Crippen MR) is 106 cm³/mol. The first-order chi connectivity index (χ1) is 13.1. The highest BCUT2D eigenvalue weighted by Gasteiger charge is 2.19. The number of piperazine rings is 1. The van der Waals surface area contributed by atoms with E-state index in [1.54, 1.807) is 6.92 Å². The van der Waals surface area contributed by atoms with Gasteiger partial charge >= 0.3 is 0 Å². The average Bonchev–Trinajstić information content (AvgIpc) is 2.69. The van der Waals surface area contributed by atoms with Crippen LogP contribution in [-0.4, -0.2) is 49.5 Å². The number of hydrogen-bond acceptors (Lipinski definition) is 4. The molecule has 2 amide bonds. The highest BCUT2D eigenvalue weighted by molar-refractivity contribution is 5.91. The van der Waals surface area contributed by atoms with Crippen molar-refractivity contribution in [2.75, 3.05) is 43.0 Å². The molecule has 0 bridgehead atoms. The molecule has 1 aliphatic rings. The van der Waals surface area contributed by atoms with Crippen molar-refractivity contribution in [1.29, 1.82) is 0 Å². The lowest BCUT2D eigenvalue weighted by Gasteiger charge is -2.35. The van der Waals surface area contributed by atoms with E-state index in [1.165, 1.54) is 0 Å². The van der Waals surface area contributed by atoms with E-state index in [-0.39, 0.29) is 18.2 Å². The zero-order chi connectivity index (χ0) is 19.1. The summed E-state index contributed by atoms with van der Waals surface area (Å²) in [6.45, 7) is 4.98. The minimum atomic E-state index is -0.0792. The second-order valence-corrected chi connectivity index (χ2v) is 6.50. The molecule has 0 atom stereocenters. The number of hydrogen-bond donors (Lipinski definition) is 1. The Kier molecular flexibility index (Phi) is 6.30. The summed E-state index contributed by atoms with van der Waals surface area (Å²) in [5.41, 5.74) is 1.82. The van der Waals surface area contributed by atoms with Crippen LogP contribution in [0.15, 0.2) is 54.6 Å². The maximum absolute atomic E-state index is 12.2. The van der Waals surface area contributed by atoms with Gasteiger partial charge in [-0.3, -0.25) is 9.59 Å². The van der Waals surface area contributed by atoms with E-state index in [4.69, 9.17) is 4.74 Å². The fraction of sp³-hybridized carbons (Fsp3) is 0.333. The summed E-state index contributed by atoms with van der Waals surface area (Å²) < 4.78 is 5.56. The van der Waals surface area contributed by atoms with Gasteiger partial charge in [-0.15, -0.1) is 0 Å². The lowest BCUT2D eigenvalue weighted by atomic mass is 10.2. The maximum atomic E-state index is 12.2. The molecule has 2 aromatic carbocycles. The van der Waals surface area contributed by atoms with Gasteiger partial charge in [0.05, 0.1) is 13.0 Å². The standard InChI is InChI=1S/C21H25N3O3/c1-17(25)23-11-13-24(14-12-23)19-7-5-6-18(16-19)22-21(26)10-15-27-20-8-3-2-4-9-20/h2-9,16H,10-15H2,1H3,(H,22,26). The minimum Gasteiger partial charge on any atom is -0.493 e. The van der Waals surface area contributed by atoms with Crippen molar-refractivity contribution in [2.45, 2.75) is 13.3 Å². The van der Waals surface area contributed by atoms with Crippen LogP contribution in [0.5, 0.6) is 5.75 Å². The molecule has 3 rings (SSSR count). The number of amides is 2. The molecule has 6 nitrogen and oxygen atoms in total. The van der Waals surface area contributed by atoms with Crippen LogP contribution in [0, 0.1) is 0 Å². The molecule has 1 aliphatic heterocycles. The van der Waals surface area contributed by atoms with E-state index in [0.29, 0.717) is 6.61 Å². The molecular formula is C21H25N3O3. The molecule has 1 heterocycles. The monoisotopic (exact) mass is 367 g/mol. The van der Waals surface area contributed by atoms with Gasteiger partial charge in [-0.2, -0.15) is 0 Å². The maximum Gasteiger partial charge on any atom is 0.227 e. The first-order valence-corrected chi connectivity index (χ1v) is 9.20. The number of anilines is 2. The molecule has 6 heteroatoms. The SMILES string of the molecule is CC(=O)N1CCN(c2cccc(NC(=O)CCOc3ccccc3)c2)CC1. The molecule has 27 heavy (non-hydrogen) atoms. The van der Waals surface area contributed by atoms with E-state index < -0.39 is 0 Å². The Morgan fingerprint density at radius 1 is 1.00 bits per heavy atom. The summed E-state index contributed by atoms with van der Waals surface area (Å²) in [7, 11) is 0. The number of carbonyl (C=O) groups excluding carboxylic acids is 2. The summed E-state index contributed by atoms with van der Waals surface area (Å²) in [4.78, 5) is 27.7. The van der Waals surface area contributed by atoms with Crippen LogP contribution >= 0.6 is 0 Å². The summed E-state index contributed by atoms with van der Waals surface area (Å²) >= 11 is 0. The quantitative estimate of drug-likeness (QED) is 0.853. The van der Waals surface area contributed by atoms with Crippen LogP contribution in [0.2, 0.25) is 0 Å². The molecular weight excluding hydrogens is 342 g/mol. The molecule has 0 aliphatic carbocycles. The molecule has 1 fully saturated rings. The van der Waals surface area contributed by atoms with Gasteiger partial charge < -0.3 is 19.9 Å². The number of para-hydroxylation sites is 1. The zero-order valence-electron chi connectivity index (χ0n) is 15.6. The first kappa shape index (κ1) is 18.8. The topological polar surface area (TPSA) is 61.9 Å². The number of ether oxygens (including phenoxy) is 1.